The van der Waals surface area contributed by atoms with Crippen LogP contribution in [0.2, 0.25) is 0 Å². The highest BCUT2D eigenvalue weighted by Gasteiger charge is 2.19. The van der Waals surface area contributed by atoms with Gasteiger partial charge in [-0.25, -0.2) is 4.79 Å². The quantitative estimate of drug-likeness (QED) is 0.833. The first-order valence-electron chi connectivity index (χ1n) is 7.08. The molecule has 0 aliphatic rings. The maximum absolute atomic E-state index is 12.5. The van der Waals surface area contributed by atoms with Crippen LogP contribution in [0, 0.1) is 0 Å². The van der Waals surface area contributed by atoms with Crippen molar-refractivity contribution in [2.24, 2.45) is 5.73 Å². The van der Waals surface area contributed by atoms with E-state index >= 15 is 0 Å². The van der Waals surface area contributed by atoms with Gasteiger partial charge in [0.05, 0.1) is 7.11 Å². The van der Waals surface area contributed by atoms with Crippen molar-refractivity contribution in [3.05, 3.63) is 24.3 Å². The zero-order valence-electron chi connectivity index (χ0n) is 12.6. The molecule has 0 aliphatic carbocycles. The summed E-state index contributed by atoms with van der Waals surface area (Å²) in [7, 11) is 1.63. The lowest BCUT2D eigenvalue weighted by Crippen LogP contribution is -2.44. The summed E-state index contributed by atoms with van der Waals surface area (Å²) in [5.74, 6) is 0.780. The van der Waals surface area contributed by atoms with E-state index in [1.165, 1.54) is 0 Å². The molecule has 1 aromatic rings. The first-order chi connectivity index (χ1) is 9.67. The average Bonchev–Trinajstić information content (AvgIpc) is 2.49. The highest BCUT2D eigenvalue weighted by Crippen LogP contribution is 2.20. The van der Waals surface area contributed by atoms with Crippen LogP contribution in [0.1, 0.15) is 20.3 Å². The summed E-state index contributed by atoms with van der Waals surface area (Å²) in [5, 5.41) is 0. The normalized spacial score (nSPS) is 10.2. The molecule has 5 heteroatoms. The molecule has 5 nitrogen and oxygen atoms in total. The van der Waals surface area contributed by atoms with Crippen LogP contribution in [0.5, 0.6) is 5.75 Å². The van der Waals surface area contributed by atoms with Crippen LogP contribution in [-0.4, -0.2) is 44.2 Å². The minimum atomic E-state index is 0.0219. The molecule has 0 atom stereocenters. The molecule has 1 aromatic carbocycles. The highest BCUT2D eigenvalue weighted by molar-refractivity contribution is 5.92. The molecule has 0 spiro atoms. The van der Waals surface area contributed by atoms with Gasteiger partial charge in [0.2, 0.25) is 0 Å². The predicted octanol–water partition coefficient (Wildman–Crippen LogP) is 2.31. The summed E-state index contributed by atoms with van der Waals surface area (Å²) < 4.78 is 5.15. The van der Waals surface area contributed by atoms with Crippen molar-refractivity contribution in [1.29, 1.82) is 0 Å². The number of anilines is 1. The first kappa shape index (κ1) is 16.3. The minimum Gasteiger partial charge on any atom is -0.497 e. The van der Waals surface area contributed by atoms with Gasteiger partial charge in [0.1, 0.15) is 5.75 Å². The number of benzene rings is 1. The lowest BCUT2D eigenvalue weighted by atomic mass is 10.2. The van der Waals surface area contributed by atoms with E-state index in [2.05, 4.69) is 0 Å². The largest absolute Gasteiger partial charge is 0.497 e. The summed E-state index contributed by atoms with van der Waals surface area (Å²) in [6.07, 6.45) is 0.777. The molecular weight excluding hydrogens is 254 g/mol. The Morgan fingerprint density at radius 1 is 1.20 bits per heavy atom. The topological polar surface area (TPSA) is 58.8 Å². The number of carbonyl (C=O) groups is 1. The van der Waals surface area contributed by atoms with Crippen LogP contribution in [0.15, 0.2) is 24.3 Å². The van der Waals surface area contributed by atoms with Gasteiger partial charge in [0.15, 0.2) is 0 Å². The number of urea groups is 1. The van der Waals surface area contributed by atoms with Crippen LogP contribution < -0.4 is 15.4 Å². The second kappa shape index (κ2) is 8.43. The van der Waals surface area contributed by atoms with Crippen molar-refractivity contribution < 1.29 is 9.53 Å². The molecule has 0 radical (unpaired) electrons. The molecule has 0 aliphatic heterocycles. The molecule has 0 unspecified atom stereocenters. The Labute approximate surface area is 121 Å². The maximum atomic E-state index is 12.5. The summed E-state index contributed by atoms with van der Waals surface area (Å²) in [5.41, 5.74) is 6.44. The van der Waals surface area contributed by atoms with E-state index in [0.717, 1.165) is 17.9 Å². The van der Waals surface area contributed by atoms with Crippen molar-refractivity contribution in [1.82, 2.24) is 4.90 Å². The molecule has 0 fully saturated rings. The van der Waals surface area contributed by atoms with E-state index in [1.54, 1.807) is 16.9 Å². The Kier molecular flexibility index (Phi) is 6.87. The van der Waals surface area contributed by atoms with E-state index in [-0.39, 0.29) is 6.03 Å². The zero-order valence-corrected chi connectivity index (χ0v) is 12.6. The van der Waals surface area contributed by atoms with Gasteiger partial charge in [-0.05, 0) is 51.1 Å². The molecule has 0 aromatic heterocycles. The summed E-state index contributed by atoms with van der Waals surface area (Å²) >= 11 is 0. The van der Waals surface area contributed by atoms with E-state index < -0.39 is 0 Å². The minimum absolute atomic E-state index is 0.0219. The average molecular weight is 279 g/mol. The third kappa shape index (κ3) is 4.13. The summed E-state index contributed by atoms with van der Waals surface area (Å²) in [6.45, 7) is 6.55. The molecule has 0 saturated heterocycles. The van der Waals surface area contributed by atoms with Crippen molar-refractivity contribution in [3.63, 3.8) is 0 Å². The Balaban J connectivity index is 2.94. The number of nitrogens with zero attached hydrogens (tertiary/aromatic N) is 2. The van der Waals surface area contributed by atoms with Gasteiger partial charge in [0, 0.05) is 25.3 Å². The molecule has 112 valence electrons. The van der Waals surface area contributed by atoms with Crippen LogP contribution in [0.4, 0.5) is 10.5 Å². The molecule has 20 heavy (non-hydrogen) atoms. The number of hydrogen-bond donors (Lipinski definition) is 1. The van der Waals surface area contributed by atoms with Crippen LogP contribution in [0.3, 0.4) is 0 Å². The summed E-state index contributed by atoms with van der Waals surface area (Å²) in [4.78, 5) is 16.1. The number of hydrogen-bond acceptors (Lipinski definition) is 3. The number of ether oxygens (including phenoxy) is 1. The van der Waals surface area contributed by atoms with Crippen LogP contribution >= 0.6 is 0 Å². The number of carbonyl (C=O) groups excluding carboxylic acids is 1. The van der Waals surface area contributed by atoms with Gasteiger partial charge in [0.25, 0.3) is 0 Å². The standard InChI is InChI=1S/C15H25N3O2/c1-4-17(5-2)15(19)18(12-6-11-16)13-7-9-14(20-3)10-8-13/h7-10H,4-6,11-12,16H2,1-3H3. The van der Waals surface area contributed by atoms with Crippen LogP contribution in [-0.2, 0) is 0 Å². The van der Waals surface area contributed by atoms with E-state index in [4.69, 9.17) is 10.5 Å². The second-order valence-electron chi connectivity index (χ2n) is 4.45. The van der Waals surface area contributed by atoms with Gasteiger partial charge in [-0.3, -0.25) is 4.90 Å². The highest BCUT2D eigenvalue weighted by atomic mass is 16.5. The Bertz CT molecular complexity index is 402. The van der Waals surface area contributed by atoms with Crippen molar-refractivity contribution in [3.8, 4) is 5.75 Å². The Morgan fingerprint density at radius 3 is 2.25 bits per heavy atom. The fraction of sp³-hybridized carbons (Fsp3) is 0.533. The molecule has 0 bridgehead atoms. The van der Waals surface area contributed by atoms with Gasteiger partial charge < -0.3 is 15.4 Å². The summed E-state index contributed by atoms with van der Waals surface area (Å²) in [6, 6.07) is 7.54. The van der Waals surface area contributed by atoms with Crippen molar-refractivity contribution >= 4 is 11.7 Å². The zero-order chi connectivity index (χ0) is 15.0. The molecule has 0 saturated carbocycles. The lowest BCUT2D eigenvalue weighted by Gasteiger charge is -2.29. The monoisotopic (exact) mass is 279 g/mol. The van der Waals surface area contributed by atoms with E-state index in [0.29, 0.717) is 26.2 Å². The number of rotatable bonds is 7. The Hall–Kier alpha value is -1.75. The number of methoxy groups -OCH3 is 1. The first-order valence-corrected chi connectivity index (χ1v) is 7.08. The molecule has 2 amide bonds. The Morgan fingerprint density at radius 2 is 1.80 bits per heavy atom. The predicted molar refractivity (Wildman–Crippen MR) is 82.3 cm³/mol. The molecule has 1 rings (SSSR count). The van der Waals surface area contributed by atoms with E-state index in [1.807, 2.05) is 38.1 Å². The third-order valence-corrected chi connectivity index (χ3v) is 3.23. The number of nitrogens with two attached hydrogens (primary N) is 1. The fourth-order valence-corrected chi connectivity index (χ4v) is 2.01. The van der Waals surface area contributed by atoms with E-state index in [9.17, 15) is 4.79 Å². The SMILES string of the molecule is CCN(CC)C(=O)N(CCCN)c1ccc(OC)cc1. The van der Waals surface area contributed by atoms with Gasteiger partial charge in [-0.15, -0.1) is 0 Å². The smallest absolute Gasteiger partial charge is 0.324 e. The fourth-order valence-electron chi connectivity index (χ4n) is 2.01. The molecule has 2 N–H and O–H groups in total. The van der Waals surface area contributed by atoms with Crippen molar-refractivity contribution in [2.75, 3.05) is 38.2 Å². The lowest BCUT2D eigenvalue weighted by molar-refractivity contribution is 0.210. The maximum Gasteiger partial charge on any atom is 0.324 e. The molecule has 0 heterocycles. The van der Waals surface area contributed by atoms with Gasteiger partial charge >= 0.3 is 6.03 Å². The van der Waals surface area contributed by atoms with Crippen molar-refractivity contribution in [2.45, 2.75) is 20.3 Å². The van der Waals surface area contributed by atoms with Gasteiger partial charge in [-0.1, -0.05) is 0 Å². The van der Waals surface area contributed by atoms with Crippen LogP contribution in [0.25, 0.3) is 0 Å². The third-order valence-electron chi connectivity index (χ3n) is 3.23. The second-order valence-corrected chi connectivity index (χ2v) is 4.45. The number of amides is 2. The van der Waals surface area contributed by atoms with Gasteiger partial charge in [-0.2, -0.15) is 0 Å². The molecular formula is C15H25N3O2.